The van der Waals surface area contributed by atoms with Crippen LogP contribution in [0.15, 0.2) is 36.5 Å². The molecule has 0 amide bonds. The number of benzene rings is 1. The molecule has 0 fully saturated rings. The summed E-state index contributed by atoms with van der Waals surface area (Å²) in [6, 6.07) is 9.22. The number of anilines is 2. The van der Waals surface area contributed by atoms with E-state index in [2.05, 4.69) is 20.3 Å². The Hall–Kier alpha value is -2.89. The van der Waals surface area contributed by atoms with Crippen LogP contribution in [0, 0.1) is 6.92 Å². The van der Waals surface area contributed by atoms with Crippen LogP contribution >= 0.6 is 0 Å². The van der Waals surface area contributed by atoms with Gasteiger partial charge in [0.05, 0.1) is 5.69 Å². The Morgan fingerprint density at radius 1 is 1.30 bits per heavy atom. The van der Waals surface area contributed by atoms with Crippen LogP contribution in [0.3, 0.4) is 0 Å². The van der Waals surface area contributed by atoms with E-state index in [1.165, 1.54) is 6.07 Å². The first kappa shape index (κ1) is 12.2. The molecule has 6 heteroatoms. The maximum atomic E-state index is 11.0. The second-order valence-corrected chi connectivity index (χ2v) is 4.40. The number of carbonyl (C=O) groups is 1. The maximum absolute atomic E-state index is 11.0. The van der Waals surface area contributed by atoms with Crippen LogP contribution in [-0.4, -0.2) is 26.0 Å². The van der Waals surface area contributed by atoms with E-state index in [0.717, 1.165) is 16.6 Å². The van der Waals surface area contributed by atoms with Crippen molar-refractivity contribution in [3.8, 4) is 0 Å². The molecular weight excluding hydrogens is 256 g/mol. The molecular formula is C14H12N4O2. The monoisotopic (exact) mass is 268 g/mol. The average molecular weight is 268 g/mol. The van der Waals surface area contributed by atoms with Crippen molar-refractivity contribution in [2.24, 2.45) is 0 Å². The van der Waals surface area contributed by atoms with Gasteiger partial charge in [0, 0.05) is 22.8 Å². The number of carboxylic acid groups (broad SMARTS) is 1. The van der Waals surface area contributed by atoms with Crippen LogP contribution in [0.1, 0.15) is 16.2 Å². The van der Waals surface area contributed by atoms with Gasteiger partial charge in [0.1, 0.15) is 0 Å². The van der Waals surface area contributed by atoms with Crippen molar-refractivity contribution in [3.63, 3.8) is 0 Å². The summed E-state index contributed by atoms with van der Waals surface area (Å²) in [5.74, 6) is -0.801. The van der Waals surface area contributed by atoms with E-state index in [4.69, 9.17) is 5.11 Å². The lowest BCUT2D eigenvalue weighted by atomic mass is 10.2. The van der Waals surface area contributed by atoms with Gasteiger partial charge in [0.15, 0.2) is 5.69 Å². The number of hydrogen-bond donors (Lipinski definition) is 3. The molecule has 2 aromatic heterocycles. The number of aromatic nitrogens is 3. The molecule has 20 heavy (non-hydrogen) atoms. The summed E-state index contributed by atoms with van der Waals surface area (Å²) in [5, 5.41) is 13.0. The van der Waals surface area contributed by atoms with E-state index < -0.39 is 5.97 Å². The molecule has 0 unspecified atom stereocenters. The fraction of sp³-hybridized carbons (Fsp3) is 0.0714. The third-order valence-corrected chi connectivity index (χ3v) is 2.91. The zero-order valence-electron chi connectivity index (χ0n) is 10.7. The summed E-state index contributed by atoms with van der Waals surface area (Å²) in [6.45, 7) is 1.73. The maximum Gasteiger partial charge on any atom is 0.354 e. The molecule has 0 saturated heterocycles. The minimum Gasteiger partial charge on any atom is -0.477 e. The van der Waals surface area contributed by atoms with E-state index in [9.17, 15) is 4.79 Å². The van der Waals surface area contributed by atoms with Crippen molar-refractivity contribution < 1.29 is 9.90 Å². The summed E-state index contributed by atoms with van der Waals surface area (Å²) in [5.41, 5.74) is 2.36. The SMILES string of the molecule is Cc1cc(C(=O)O)nc(Nc2c[nH]c3ccccc23)n1. The van der Waals surface area contributed by atoms with Crippen molar-refractivity contribution in [2.75, 3.05) is 5.32 Å². The first-order valence-corrected chi connectivity index (χ1v) is 6.05. The van der Waals surface area contributed by atoms with Crippen LogP contribution in [0.25, 0.3) is 10.9 Å². The third kappa shape index (κ3) is 2.18. The third-order valence-electron chi connectivity index (χ3n) is 2.91. The summed E-state index contributed by atoms with van der Waals surface area (Å²) in [6.07, 6.45) is 1.80. The van der Waals surface area contributed by atoms with Crippen LogP contribution in [0.5, 0.6) is 0 Å². The smallest absolute Gasteiger partial charge is 0.354 e. The number of rotatable bonds is 3. The Morgan fingerprint density at radius 2 is 2.10 bits per heavy atom. The van der Waals surface area contributed by atoms with Gasteiger partial charge in [-0.05, 0) is 19.1 Å². The number of aryl methyl sites for hydroxylation is 1. The fourth-order valence-electron chi connectivity index (χ4n) is 2.03. The van der Waals surface area contributed by atoms with Gasteiger partial charge in [-0.25, -0.2) is 14.8 Å². The molecule has 2 heterocycles. The zero-order valence-corrected chi connectivity index (χ0v) is 10.7. The topological polar surface area (TPSA) is 90.9 Å². The normalized spacial score (nSPS) is 10.7. The molecule has 3 N–H and O–H groups in total. The van der Waals surface area contributed by atoms with Gasteiger partial charge >= 0.3 is 5.97 Å². The summed E-state index contributed by atoms with van der Waals surface area (Å²) >= 11 is 0. The molecule has 0 aliphatic carbocycles. The van der Waals surface area contributed by atoms with Gasteiger partial charge in [-0.15, -0.1) is 0 Å². The van der Waals surface area contributed by atoms with E-state index in [0.29, 0.717) is 5.69 Å². The number of para-hydroxylation sites is 1. The van der Waals surface area contributed by atoms with Crippen molar-refractivity contribution in [2.45, 2.75) is 6.92 Å². The average Bonchev–Trinajstić information content (AvgIpc) is 2.82. The first-order chi connectivity index (χ1) is 9.63. The molecule has 100 valence electrons. The lowest BCUT2D eigenvalue weighted by molar-refractivity contribution is 0.0690. The lowest BCUT2D eigenvalue weighted by Crippen LogP contribution is -2.06. The van der Waals surface area contributed by atoms with Gasteiger partial charge in [0.25, 0.3) is 0 Å². The largest absolute Gasteiger partial charge is 0.477 e. The summed E-state index contributed by atoms with van der Waals surface area (Å²) in [4.78, 5) is 22.3. The van der Waals surface area contributed by atoms with Crippen LogP contribution in [0.4, 0.5) is 11.6 Å². The molecule has 0 aliphatic heterocycles. The van der Waals surface area contributed by atoms with Crippen molar-refractivity contribution >= 4 is 28.5 Å². The Bertz CT molecular complexity index is 795. The number of hydrogen-bond acceptors (Lipinski definition) is 4. The zero-order chi connectivity index (χ0) is 14.1. The highest BCUT2D eigenvalue weighted by Gasteiger charge is 2.10. The van der Waals surface area contributed by atoms with Gasteiger partial charge < -0.3 is 15.4 Å². The fourth-order valence-corrected chi connectivity index (χ4v) is 2.03. The van der Waals surface area contributed by atoms with Crippen molar-refractivity contribution in [1.29, 1.82) is 0 Å². The predicted octanol–water partition coefficient (Wildman–Crippen LogP) is 2.71. The molecule has 3 rings (SSSR count). The van der Waals surface area contributed by atoms with Crippen LogP contribution in [0.2, 0.25) is 0 Å². The van der Waals surface area contributed by atoms with Crippen LogP contribution < -0.4 is 5.32 Å². The van der Waals surface area contributed by atoms with Crippen LogP contribution in [-0.2, 0) is 0 Å². The van der Waals surface area contributed by atoms with Gasteiger partial charge in [-0.1, -0.05) is 18.2 Å². The molecule has 0 aliphatic rings. The molecule has 6 nitrogen and oxygen atoms in total. The van der Waals surface area contributed by atoms with E-state index in [1.807, 2.05) is 24.3 Å². The molecule has 1 aromatic carbocycles. The molecule has 0 radical (unpaired) electrons. The Labute approximate surface area is 114 Å². The Balaban J connectivity index is 2.00. The Kier molecular flexibility index (Phi) is 2.83. The van der Waals surface area contributed by atoms with E-state index in [-0.39, 0.29) is 11.6 Å². The molecule has 0 saturated carbocycles. The number of nitrogens with zero attached hydrogens (tertiary/aromatic N) is 2. The number of H-pyrrole nitrogens is 1. The van der Waals surface area contributed by atoms with Gasteiger partial charge in [-0.3, -0.25) is 0 Å². The van der Waals surface area contributed by atoms with E-state index >= 15 is 0 Å². The highest BCUT2D eigenvalue weighted by Crippen LogP contribution is 2.24. The highest BCUT2D eigenvalue weighted by atomic mass is 16.4. The number of fused-ring (bicyclic) bond motifs is 1. The summed E-state index contributed by atoms with van der Waals surface area (Å²) < 4.78 is 0. The van der Waals surface area contributed by atoms with Gasteiger partial charge in [0.2, 0.25) is 5.95 Å². The predicted molar refractivity (Wildman–Crippen MR) is 75.3 cm³/mol. The van der Waals surface area contributed by atoms with Crippen molar-refractivity contribution in [1.82, 2.24) is 15.0 Å². The number of nitrogens with one attached hydrogen (secondary N) is 2. The first-order valence-electron chi connectivity index (χ1n) is 6.05. The minimum absolute atomic E-state index is 0.0279. The molecule has 0 bridgehead atoms. The number of carboxylic acids is 1. The minimum atomic E-state index is -1.07. The lowest BCUT2D eigenvalue weighted by Gasteiger charge is -2.05. The number of aromatic amines is 1. The number of aromatic carboxylic acids is 1. The molecule has 0 atom stereocenters. The van der Waals surface area contributed by atoms with Gasteiger partial charge in [-0.2, -0.15) is 0 Å². The molecule has 0 spiro atoms. The highest BCUT2D eigenvalue weighted by molar-refractivity contribution is 5.93. The summed E-state index contributed by atoms with van der Waals surface area (Å²) in [7, 11) is 0. The quantitative estimate of drug-likeness (QED) is 0.679. The Morgan fingerprint density at radius 3 is 2.90 bits per heavy atom. The van der Waals surface area contributed by atoms with E-state index in [1.54, 1.807) is 13.1 Å². The standard InChI is InChI=1S/C14H12N4O2/c1-8-6-11(13(19)20)17-14(16-8)18-12-7-15-10-5-3-2-4-9(10)12/h2-7,15H,1H3,(H,19,20)(H,16,17,18). The van der Waals surface area contributed by atoms with Crippen molar-refractivity contribution in [3.05, 3.63) is 47.9 Å². The second kappa shape index (κ2) is 4.65. The second-order valence-electron chi connectivity index (χ2n) is 4.40. The molecule has 3 aromatic rings.